The molecule has 2 aromatic heterocycles. The number of methoxy groups -OCH3 is 1. The number of benzene rings is 2. The third kappa shape index (κ3) is 4.74. The van der Waals surface area contributed by atoms with E-state index in [4.69, 9.17) is 9.47 Å². The average Bonchev–Trinajstić information content (AvgIpc) is 3.32. The van der Waals surface area contributed by atoms with E-state index < -0.39 is 17.6 Å². The highest BCUT2D eigenvalue weighted by Crippen LogP contribution is 2.34. The number of anilines is 1. The fraction of sp³-hybridized carbons (Fsp3) is 0.286. The van der Waals surface area contributed by atoms with Crippen molar-refractivity contribution in [1.82, 2.24) is 9.13 Å². The molecule has 38 heavy (non-hydrogen) atoms. The Morgan fingerprint density at radius 2 is 1.71 bits per heavy atom. The van der Waals surface area contributed by atoms with Crippen LogP contribution in [-0.4, -0.2) is 34.7 Å². The number of ether oxygens (including phenoxy) is 2. The van der Waals surface area contributed by atoms with Crippen molar-refractivity contribution in [3.63, 3.8) is 0 Å². The molecule has 1 N–H and O–H groups in total. The summed E-state index contributed by atoms with van der Waals surface area (Å²) in [5.74, 6) is -0.269. The minimum Gasteiger partial charge on any atom is -0.497 e. The summed E-state index contributed by atoms with van der Waals surface area (Å²) in [5, 5.41) is 3.29. The molecule has 5 rings (SSSR count). The second-order valence-electron chi connectivity index (χ2n) is 8.94. The first-order valence-electron chi connectivity index (χ1n) is 12.4. The summed E-state index contributed by atoms with van der Waals surface area (Å²) < 4.78 is 12.7. The Bertz CT molecular complexity index is 1630. The molecule has 1 aliphatic carbocycles. The number of nitrogens with one attached hydrogen (secondary N) is 1. The van der Waals surface area contributed by atoms with E-state index in [2.05, 4.69) is 5.32 Å². The van der Waals surface area contributed by atoms with E-state index in [0.717, 1.165) is 40.7 Å². The normalized spacial score (nSPS) is 12.7. The highest BCUT2D eigenvalue weighted by Gasteiger charge is 2.25. The van der Waals surface area contributed by atoms with Gasteiger partial charge in [0.1, 0.15) is 17.1 Å². The molecule has 0 atom stereocenters. The molecular formula is C28H27N3O6S. The third-order valence-electron chi connectivity index (χ3n) is 6.55. The van der Waals surface area contributed by atoms with Crippen LogP contribution in [0, 0.1) is 0 Å². The molecule has 9 nitrogen and oxygen atoms in total. The lowest BCUT2D eigenvalue weighted by molar-refractivity contribution is -0.116. The fourth-order valence-corrected chi connectivity index (χ4v) is 6.09. The van der Waals surface area contributed by atoms with E-state index in [1.807, 2.05) is 0 Å². The Kier molecular flexibility index (Phi) is 7.15. The van der Waals surface area contributed by atoms with Crippen molar-refractivity contribution in [2.45, 2.75) is 39.2 Å². The number of nitrogens with zero attached hydrogens (tertiary/aromatic N) is 2. The summed E-state index contributed by atoms with van der Waals surface area (Å²) in [6.07, 6.45) is 3.62. The predicted molar refractivity (Wildman–Crippen MR) is 146 cm³/mol. The molecule has 2 heterocycles. The van der Waals surface area contributed by atoms with Crippen LogP contribution in [0.5, 0.6) is 5.75 Å². The molecule has 0 spiro atoms. The van der Waals surface area contributed by atoms with Crippen molar-refractivity contribution in [2.24, 2.45) is 0 Å². The van der Waals surface area contributed by atoms with Crippen molar-refractivity contribution in [3.05, 3.63) is 85.4 Å². The summed E-state index contributed by atoms with van der Waals surface area (Å²) >= 11 is 1.42. The largest absolute Gasteiger partial charge is 0.497 e. The van der Waals surface area contributed by atoms with Gasteiger partial charge < -0.3 is 14.8 Å². The van der Waals surface area contributed by atoms with E-state index in [0.29, 0.717) is 32.9 Å². The van der Waals surface area contributed by atoms with Gasteiger partial charge in [-0.1, -0.05) is 0 Å². The van der Waals surface area contributed by atoms with Crippen molar-refractivity contribution in [3.8, 4) is 11.4 Å². The summed E-state index contributed by atoms with van der Waals surface area (Å²) in [6, 6.07) is 13.0. The smallest absolute Gasteiger partial charge is 0.338 e. The number of aromatic nitrogens is 2. The van der Waals surface area contributed by atoms with Crippen LogP contribution in [0.15, 0.2) is 58.1 Å². The predicted octanol–water partition coefficient (Wildman–Crippen LogP) is 3.92. The number of carbonyl (C=O) groups excluding carboxylic acids is 2. The zero-order valence-electron chi connectivity index (χ0n) is 21.1. The van der Waals surface area contributed by atoms with E-state index in [-0.39, 0.29) is 18.7 Å². The minimum atomic E-state index is -0.584. The van der Waals surface area contributed by atoms with Crippen LogP contribution in [0.2, 0.25) is 0 Å². The van der Waals surface area contributed by atoms with Crippen molar-refractivity contribution in [1.29, 1.82) is 0 Å². The van der Waals surface area contributed by atoms with Gasteiger partial charge in [0.2, 0.25) is 5.91 Å². The number of carbonyl (C=O) groups is 2. The molecule has 1 aliphatic rings. The van der Waals surface area contributed by atoms with Gasteiger partial charge in [0, 0.05) is 10.6 Å². The summed E-state index contributed by atoms with van der Waals surface area (Å²) in [6.45, 7) is 1.73. The number of thiophene rings is 1. The van der Waals surface area contributed by atoms with Crippen LogP contribution >= 0.6 is 11.3 Å². The van der Waals surface area contributed by atoms with Gasteiger partial charge in [-0.25, -0.2) is 14.2 Å². The molecular weight excluding hydrogens is 506 g/mol. The standard InChI is InChI=1S/C28H27N3O6S/c1-3-37-27(34)17-8-10-18(11-9-17)29-23(32)16-30-26-24(21-6-4-5-7-22(21)38-26)25(33)31(28(30)35)19-12-14-20(36-2)15-13-19/h8-15H,3-7,16H2,1-2H3,(H,29,32). The Hall–Kier alpha value is -4.18. The molecule has 0 unspecified atom stereocenters. The second-order valence-corrected chi connectivity index (χ2v) is 10.0. The Morgan fingerprint density at radius 1 is 1.00 bits per heavy atom. The molecule has 10 heteroatoms. The lowest BCUT2D eigenvalue weighted by Gasteiger charge is -2.14. The van der Waals surface area contributed by atoms with Crippen molar-refractivity contribution >= 4 is 39.1 Å². The van der Waals surface area contributed by atoms with Crippen molar-refractivity contribution in [2.75, 3.05) is 19.0 Å². The summed E-state index contributed by atoms with van der Waals surface area (Å²) in [5.41, 5.74) is 1.27. The highest BCUT2D eigenvalue weighted by atomic mass is 32.1. The number of hydrogen-bond donors (Lipinski definition) is 1. The van der Waals surface area contributed by atoms with Gasteiger partial charge in [-0.2, -0.15) is 0 Å². The van der Waals surface area contributed by atoms with Crippen LogP contribution in [0.25, 0.3) is 15.9 Å². The maximum absolute atomic E-state index is 13.7. The highest BCUT2D eigenvalue weighted by molar-refractivity contribution is 7.18. The monoisotopic (exact) mass is 533 g/mol. The van der Waals surface area contributed by atoms with E-state index in [1.165, 1.54) is 15.9 Å². The lowest BCUT2D eigenvalue weighted by Crippen LogP contribution is -2.40. The van der Waals surface area contributed by atoms with Gasteiger partial charge >= 0.3 is 11.7 Å². The van der Waals surface area contributed by atoms with E-state index in [1.54, 1.807) is 62.6 Å². The maximum atomic E-state index is 13.7. The summed E-state index contributed by atoms with van der Waals surface area (Å²) in [4.78, 5) is 54.0. The van der Waals surface area contributed by atoms with E-state index in [9.17, 15) is 19.2 Å². The maximum Gasteiger partial charge on any atom is 0.338 e. The molecule has 0 saturated heterocycles. The molecule has 0 bridgehead atoms. The first kappa shape index (κ1) is 25.5. The number of esters is 1. The summed E-state index contributed by atoms with van der Waals surface area (Å²) in [7, 11) is 1.54. The van der Waals surface area contributed by atoms with Crippen molar-refractivity contribution < 1.29 is 19.1 Å². The molecule has 0 saturated carbocycles. The Labute approximate surface area is 222 Å². The van der Waals surface area contributed by atoms with Gasteiger partial charge in [0.05, 0.1) is 30.4 Å². The third-order valence-corrected chi connectivity index (χ3v) is 7.86. The molecule has 2 aromatic carbocycles. The van der Waals surface area contributed by atoms with Crippen LogP contribution in [-0.2, 0) is 28.9 Å². The second kappa shape index (κ2) is 10.7. The minimum absolute atomic E-state index is 0.269. The topological polar surface area (TPSA) is 109 Å². The molecule has 0 fully saturated rings. The Balaban J connectivity index is 1.54. The molecule has 1 amide bonds. The molecule has 0 radical (unpaired) electrons. The molecule has 4 aromatic rings. The van der Waals surface area contributed by atoms with Gasteiger partial charge in [-0.05, 0) is 86.7 Å². The lowest BCUT2D eigenvalue weighted by atomic mass is 9.97. The van der Waals surface area contributed by atoms with Gasteiger partial charge in [0.15, 0.2) is 0 Å². The number of amides is 1. The van der Waals surface area contributed by atoms with Crippen LogP contribution in [0.4, 0.5) is 5.69 Å². The number of fused-ring (bicyclic) bond motifs is 3. The van der Waals surface area contributed by atoms with Gasteiger partial charge in [-0.3, -0.25) is 14.2 Å². The SMILES string of the molecule is CCOC(=O)c1ccc(NC(=O)Cn2c(=O)n(-c3ccc(OC)cc3)c(=O)c3c4c(sc32)CCCC4)cc1. The number of hydrogen-bond acceptors (Lipinski definition) is 7. The van der Waals surface area contributed by atoms with Crippen LogP contribution in [0.1, 0.15) is 40.6 Å². The average molecular weight is 534 g/mol. The quantitative estimate of drug-likeness (QED) is 0.361. The first-order valence-corrected chi connectivity index (χ1v) is 13.2. The zero-order valence-corrected chi connectivity index (χ0v) is 21.9. The van der Waals surface area contributed by atoms with E-state index >= 15 is 0 Å². The van der Waals surface area contributed by atoms with Crippen LogP contribution < -0.4 is 21.3 Å². The zero-order chi connectivity index (χ0) is 26.8. The molecule has 196 valence electrons. The van der Waals surface area contributed by atoms with Gasteiger partial charge in [0.25, 0.3) is 5.56 Å². The number of aryl methyl sites for hydroxylation is 2. The first-order chi connectivity index (χ1) is 18.4. The fourth-order valence-electron chi connectivity index (χ4n) is 4.71. The van der Waals surface area contributed by atoms with Gasteiger partial charge in [-0.15, -0.1) is 11.3 Å². The van der Waals surface area contributed by atoms with Crippen LogP contribution in [0.3, 0.4) is 0 Å². The number of rotatable bonds is 7. The molecule has 0 aliphatic heterocycles. The Morgan fingerprint density at radius 3 is 2.39 bits per heavy atom.